The van der Waals surface area contributed by atoms with Gasteiger partial charge in [0.1, 0.15) is 0 Å². The third kappa shape index (κ3) is 6.85. The Hall–Kier alpha value is -4.39. The van der Waals surface area contributed by atoms with Crippen LogP contribution in [0.5, 0.6) is 0 Å². The van der Waals surface area contributed by atoms with Gasteiger partial charge in [-0.15, -0.1) is 0 Å². The molecule has 0 atom stereocenters. The number of urea groups is 1. The Labute approximate surface area is 236 Å². The Kier molecular flexibility index (Phi) is 7.97. The molecule has 0 saturated carbocycles. The number of nitrogens with one attached hydrogen (secondary N) is 2. The van der Waals surface area contributed by atoms with Crippen molar-refractivity contribution in [3.05, 3.63) is 55.1 Å². The largest absolute Gasteiger partial charge is 0.341 e. The Morgan fingerprint density at radius 1 is 1.05 bits per heavy atom. The Morgan fingerprint density at radius 2 is 1.80 bits per heavy atom. The van der Waals surface area contributed by atoms with Crippen LogP contribution in [0, 0.1) is 0 Å². The first-order chi connectivity index (χ1) is 19.6. The van der Waals surface area contributed by atoms with Gasteiger partial charge in [-0.1, -0.05) is 12.1 Å². The first kappa shape index (κ1) is 28.1. The van der Waals surface area contributed by atoms with E-state index in [-0.39, 0.29) is 11.9 Å². The molecule has 3 amide bonds. The van der Waals surface area contributed by atoms with Gasteiger partial charge >= 0.3 is 6.03 Å². The molecule has 2 N–H and O–H groups in total. The second-order valence-corrected chi connectivity index (χ2v) is 10.7. The van der Waals surface area contributed by atoms with Crippen LogP contribution in [0.1, 0.15) is 25.8 Å². The lowest BCUT2D eigenvalue weighted by Gasteiger charge is -2.32. The molecule has 4 heterocycles. The van der Waals surface area contributed by atoms with Crippen molar-refractivity contribution in [2.75, 3.05) is 45.6 Å². The van der Waals surface area contributed by atoms with Crippen molar-refractivity contribution in [3.8, 4) is 22.4 Å². The quantitative estimate of drug-likeness (QED) is 0.337. The van der Waals surface area contributed by atoms with Crippen LogP contribution < -0.4 is 10.6 Å². The standard InChI is InChI=1S/C28H33F2N9O2/c1-28(29,30)18-32-27(41)35-22-6-4-5-19(11-22)24-15-31-25-12-20(13-34-39(24)25)21-14-33-38(16-21)23-7-9-37(10-8-23)26(40)17-36(2)3/h4-6,11-16,23H,7-10,17-18H2,1-3H3,(H2,32,35,41). The van der Waals surface area contributed by atoms with Gasteiger partial charge in [-0.2, -0.15) is 10.2 Å². The average Bonchev–Trinajstić information content (AvgIpc) is 3.59. The minimum atomic E-state index is -3.00. The van der Waals surface area contributed by atoms with Crippen molar-refractivity contribution in [1.82, 2.24) is 39.5 Å². The smallest absolute Gasteiger partial charge is 0.319 e. The zero-order valence-electron chi connectivity index (χ0n) is 23.2. The molecule has 11 nitrogen and oxygen atoms in total. The summed E-state index contributed by atoms with van der Waals surface area (Å²) in [6, 6.07) is 8.45. The molecule has 1 aliphatic heterocycles. The predicted molar refractivity (Wildman–Crippen MR) is 151 cm³/mol. The van der Waals surface area contributed by atoms with E-state index in [9.17, 15) is 18.4 Å². The van der Waals surface area contributed by atoms with Crippen molar-refractivity contribution in [3.63, 3.8) is 0 Å². The monoisotopic (exact) mass is 565 g/mol. The second kappa shape index (κ2) is 11.6. The van der Waals surface area contributed by atoms with Gasteiger partial charge in [-0.25, -0.2) is 23.1 Å². The predicted octanol–water partition coefficient (Wildman–Crippen LogP) is 3.76. The molecule has 216 valence electrons. The summed E-state index contributed by atoms with van der Waals surface area (Å²) in [7, 11) is 3.79. The summed E-state index contributed by atoms with van der Waals surface area (Å²) in [5.41, 5.74) is 4.34. The summed E-state index contributed by atoms with van der Waals surface area (Å²) in [6.07, 6.45) is 8.97. The molecule has 1 fully saturated rings. The lowest BCUT2D eigenvalue weighted by atomic mass is 10.1. The summed E-state index contributed by atoms with van der Waals surface area (Å²) >= 11 is 0. The van der Waals surface area contributed by atoms with Crippen molar-refractivity contribution in [1.29, 1.82) is 0 Å². The maximum absolute atomic E-state index is 13.0. The minimum Gasteiger partial charge on any atom is -0.341 e. The number of imidazole rings is 1. The Morgan fingerprint density at radius 3 is 2.54 bits per heavy atom. The summed E-state index contributed by atoms with van der Waals surface area (Å²) in [4.78, 5) is 32.7. The normalized spacial score (nSPS) is 14.5. The highest BCUT2D eigenvalue weighted by Crippen LogP contribution is 2.28. The number of nitrogens with zero attached hydrogens (tertiary/aromatic N) is 7. The molecule has 0 radical (unpaired) electrons. The van der Waals surface area contributed by atoms with Gasteiger partial charge in [-0.3, -0.25) is 9.48 Å². The maximum atomic E-state index is 13.0. The number of likely N-dealkylation sites (N-methyl/N-ethyl adjacent to an activating group) is 1. The fraction of sp³-hybridized carbons (Fsp3) is 0.393. The van der Waals surface area contributed by atoms with Crippen molar-refractivity contribution >= 4 is 23.3 Å². The van der Waals surface area contributed by atoms with E-state index in [0.717, 1.165) is 36.5 Å². The van der Waals surface area contributed by atoms with E-state index < -0.39 is 18.5 Å². The van der Waals surface area contributed by atoms with Crippen LogP contribution in [-0.2, 0) is 4.79 Å². The van der Waals surface area contributed by atoms with Gasteiger partial charge in [-0.05, 0) is 45.1 Å². The topological polar surface area (TPSA) is 113 Å². The second-order valence-electron chi connectivity index (χ2n) is 10.7. The molecule has 5 rings (SSSR count). The molecule has 0 spiro atoms. The summed E-state index contributed by atoms with van der Waals surface area (Å²) < 4.78 is 29.7. The van der Waals surface area contributed by atoms with Gasteiger partial charge in [0.25, 0.3) is 5.92 Å². The fourth-order valence-corrected chi connectivity index (χ4v) is 4.83. The molecule has 3 aromatic heterocycles. The van der Waals surface area contributed by atoms with Crippen molar-refractivity contribution in [2.24, 2.45) is 0 Å². The number of alkyl halides is 2. The number of hydrogen-bond donors (Lipinski definition) is 2. The number of carbonyl (C=O) groups is 2. The lowest BCUT2D eigenvalue weighted by Crippen LogP contribution is -2.43. The van der Waals surface area contributed by atoms with Crippen LogP contribution in [0.25, 0.3) is 28.0 Å². The molecule has 0 bridgehead atoms. The number of piperidine rings is 1. The van der Waals surface area contributed by atoms with Gasteiger partial charge in [0.2, 0.25) is 5.91 Å². The molecule has 4 aromatic rings. The highest BCUT2D eigenvalue weighted by atomic mass is 19.3. The zero-order chi connectivity index (χ0) is 29.1. The van der Waals surface area contributed by atoms with E-state index >= 15 is 0 Å². The summed E-state index contributed by atoms with van der Waals surface area (Å²) in [5, 5.41) is 13.9. The van der Waals surface area contributed by atoms with E-state index in [1.807, 2.05) is 53.1 Å². The number of amides is 3. The molecule has 1 aliphatic rings. The number of rotatable bonds is 8. The van der Waals surface area contributed by atoms with Gasteiger partial charge in [0, 0.05) is 48.6 Å². The highest BCUT2D eigenvalue weighted by molar-refractivity contribution is 5.90. The van der Waals surface area contributed by atoms with Crippen molar-refractivity contribution in [2.45, 2.75) is 31.7 Å². The van der Waals surface area contributed by atoms with E-state index in [4.69, 9.17) is 0 Å². The molecule has 13 heteroatoms. The molecule has 1 aromatic carbocycles. The van der Waals surface area contributed by atoms with Crippen LogP contribution in [0.4, 0.5) is 19.3 Å². The third-order valence-corrected chi connectivity index (χ3v) is 6.91. The van der Waals surface area contributed by atoms with E-state index in [2.05, 4.69) is 25.8 Å². The number of aromatic nitrogens is 5. The molecule has 41 heavy (non-hydrogen) atoms. The molecular formula is C28H33F2N9O2. The number of benzene rings is 1. The summed E-state index contributed by atoms with van der Waals surface area (Å²) in [5.74, 6) is -2.84. The van der Waals surface area contributed by atoms with Crippen molar-refractivity contribution < 1.29 is 18.4 Å². The van der Waals surface area contributed by atoms with Crippen LogP contribution in [0.15, 0.2) is 55.1 Å². The minimum absolute atomic E-state index is 0.154. The lowest BCUT2D eigenvalue weighted by molar-refractivity contribution is -0.133. The maximum Gasteiger partial charge on any atom is 0.319 e. The number of hydrogen-bond acceptors (Lipinski definition) is 6. The summed E-state index contributed by atoms with van der Waals surface area (Å²) in [6.45, 7) is 1.84. The fourth-order valence-electron chi connectivity index (χ4n) is 4.83. The first-order valence-electron chi connectivity index (χ1n) is 13.4. The zero-order valence-corrected chi connectivity index (χ0v) is 23.2. The Balaban J connectivity index is 1.26. The number of carbonyl (C=O) groups excluding carboxylic acids is 2. The Bertz CT molecular complexity index is 1530. The molecular weight excluding hydrogens is 532 g/mol. The average molecular weight is 566 g/mol. The molecule has 0 unspecified atom stereocenters. The van der Waals surface area contributed by atoms with E-state index in [1.165, 1.54) is 0 Å². The van der Waals surface area contributed by atoms with Crippen LogP contribution in [-0.4, -0.2) is 92.3 Å². The van der Waals surface area contributed by atoms with Crippen LogP contribution >= 0.6 is 0 Å². The van der Waals surface area contributed by atoms with Gasteiger partial charge in [0.05, 0.1) is 43.4 Å². The number of fused-ring (bicyclic) bond motifs is 1. The van der Waals surface area contributed by atoms with Gasteiger partial charge < -0.3 is 20.4 Å². The number of likely N-dealkylation sites (tertiary alicyclic amines) is 1. The van der Waals surface area contributed by atoms with Crippen LogP contribution in [0.3, 0.4) is 0 Å². The first-order valence-corrected chi connectivity index (χ1v) is 13.4. The number of anilines is 1. The van der Waals surface area contributed by atoms with Gasteiger partial charge in [0.15, 0.2) is 5.65 Å². The SMILES string of the molecule is CN(C)CC(=O)N1CCC(n2cc(-c3cnn4c(-c5cccc(NC(=O)NCC(C)(F)F)c5)cnc4c3)cn2)CC1. The highest BCUT2D eigenvalue weighted by Gasteiger charge is 2.25. The van der Waals surface area contributed by atoms with E-state index in [0.29, 0.717) is 36.7 Å². The van der Waals surface area contributed by atoms with Crippen LogP contribution in [0.2, 0.25) is 0 Å². The van der Waals surface area contributed by atoms with E-state index in [1.54, 1.807) is 35.1 Å². The number of halogens is 2. The third-order valence-electron chi connectivity index (χ3n) is 6.91. The molecule has 1 saturated heterocycles. The molecule has 0 aliphatic carbocycles.